The fourth-order valence-electron chi connectivity index (χ4n) is 7.70. The number of nitrogens with zero attached hydrogens (tertiary/aromatic N) is 4. The molecule has 8 aromatic carbocycles. The van der Waals surface area contributed by atoms with Crippen molar-refractivity contribution in [2.75, 3.05) is 0 Å². The Morgan fingerprint density at radius 2 is 0.804 bits per heavy atom. The van der Waals surface area contributed by atoms with Gasteiger partial charge in [-0.05, 0) is 51.7 Å². The Bertz CT molecular complexity index is 3170. The molecule has 0 aliphatic carbocycles. The second kappa shape index (κ2) is 13.0. The SMILES string of the molecule is c1ccc(-c2nc(-c3ccccc3)nc(-c3ccc(-c4ccc(-c5c6nc(-c7ccccc7)oc6cc6c5oc5ccccc56)c5ccccc45)cc3)n2)cc1. The topological polar surface area (TPSA) is 77.8 Å². The van der Waals surface area contributed by atoms with Crippen LogP contribution in [-0.2, 0) is 0 Å². The molecule has 0 fully saturated rings. The van der Waals surface area contributed by atoms with E-state index in [2.05, 4.69) is 72.8 Å². The Morgan fingerprint density at radius 1 is 0.321 bits per heavy atom. The van der Waals surface area contributed by atoms with Gasteiger partial charge in [0, 0.05) is 33.0 Å². The van der Waals surface area contributed by atoms with Crippen LogP contribution in [0.2, 0.25) is 0 Å². The van der Waals surface area contributed by atoms with Crippen molar-refractivity contribution in [3.8, 4) is 67.9 Å². The van der Waals surface area contributed by atoms with Gasteiger partial charge in [-0.15, -0.1) is 0 Å². The van der Waals surface area contributed by atoms with Crippen molar-refractivity contribution in [1.29, 1.82) is 0 Å². The fourth-order valence-corrected chi connectivity index (χ4v) is 7.70. The van der Waals surface area contributed by atoms with Gasteiger partial charge in [-0.1, -0.05) is 158 Å². The van der Waals surface area contributed by atoms with E-state index in [0.717, 1.165) is 82.7 Å². The number of furan rings is 1. The van der Waals surface area contributed by atoms with Crippen molar-refractivity contribution in [2.24, 2.45) is 0 Å². The molecule has 0 aliphatic heterocycles. The second-order valence-electron chi connectivity index (χ2n) is 13.8. The molecule has 0 amide bonds. The van der Waals surface area contributed by atoms with Crippen molar-refractivity contribution in [2.45, 2.75) is 0 Å². The summed E-state index contributed by atoms with van der Waals surface area (Å²) in [5.41, 5.74) is 10.9. The average molecular weight is 719 g/mol. The third kappa shape index (κ3) is 5.35. The van der Waals surface area contributed by atoms with E-state index >= 15 is 0 Å². The maximum atomic E-state index is 6.66. The lowest BCUT2D eigenvalue weighted by Crippen LogP contribution is -2.00. The van der Waals surface area contributed by atoms with Gasteiger partial charge in [-0.25, -0.2) is 19.9 Å². The molecule has 0 N–H and O–H groups in total. The third-order valence-corrected chi connectivity index (χ3v) is 10.4. The maximum absolute atomic E-state index is 6.66. The summed E-state index contributed by atoms with van der Waals surface area (Å²) in [5.74, 6) is 2.47. The lowest BCUT2D eigenvalue weighted by molar-refractivity contribution is 0.620. The summed E-state index contributed by atoms with van der Waals surface area (Å²) in [5, 5.41) is 4.23. The normalized spacial score (nSPS) is 11.6. The Morgan fingerprint density at radius 3 is 1.43 bits per heavy atom. The molecular formula is C50H30N4O2. The number of rotatable bonds is 6. The molecule has 0 atom stereocenters. The molecule has 0 bridgehead atoms. The molecule has 0 radical (unpaired) electrons. The van der Waals surface area contributed by atoms with Crippen molar-refractivity contribution < 1.29 is 8.83 Å². The first kappa shape index (κ1) is 31.8. The molecule has 6 heteroatoms. The number of para-hydroxylation sites is 1. The summed E-state index contributed by atoms with van der Waals surface area (Å²) in [6.07, 6.45) is 0. The maximum Gasteiger partial charge on any atom is 0.227 e. The molecule has 0 spiro atoms. The Labute approximate surface area is 321 Å². The second-order valence-corrected chi connectivity index (χ2v) is 13.8. The number of hydrogen-bond donors (Lipinski definition) is 0. The number of oxazole rings is 1. The molecule has 0 saturated heterocycles. The van der Waals surface area contributed by atoms with E-state index in [1.54, 1.807) is 0 Å². The van der Waals surface area contributed by atoms with Crippen LogP contribution < -0.4 is 0 Å². The van der Waals surface area contributed by atoms with Gasteiger partial charge >= 0.3 is 0 Å². The first-order chi connectivity index (χ1) is 27.7. The van der Waals surface area contributed by atoms with Crippen LogP contribution in [0.5, 0.6) is 0 Å². The molecular weight excluding hydrogens is 689 g/mol. The van der Waals surface area contributed by atoms with Crippen LogP contribution in [0.4, 0.5) is 0 Å². The highest BCUT2D eigenvalue weighted by atomic mass is 16.4. The van der Waals surface area contributed by atoms with Crippen molar-refractivity contribution in [3.05, 3.63) is 182 Å². The van der Waals surface area contributed by atoms with E-state index in [1.807, 2.05) is 109 Å². The first-order valence-corrected chi connectivity index (χ1v) is 18.6. The van der Waals surface area contributed by atoms with E-state index in [-0.39, 0.29) is 0 Å². The monoisotopic (exact) mass is 718 g/mol. The van der Waals surface area contributed by atoms with Crippen molar-refractivity contribution >= 4 is 43.8 Å². The van der Waals surface area contributed by atoms with Gasteiger partial charge in [0.1, 0.15) is 16.7 Å². The van der Waals surface area contributed by atoms with Gasteiger partial charge in [-0.3, -0.25) is 0 Å². The van der Waals surface area contributed by atoms with Gasteiger partial charge in [-0.2, -0.15) is 0 Å². The Kier molecular flexibility index (Phi) is 7.38. The van der Waals surface area contributed by atoms with E-state index < -0.39 is 0 Å². The minimum Gasteiger partial charge on any atom is -0.455 e. The molecule has 6 nitrogen and oxygen atoms in total. The highest BCUT2D eigenvalue weighted by Crippen LogP contribution is 2.45. The van der Waals surface area contributed by atoms with Gasteiger partial charge in [0.05, 0.1) is 5.56 Å². The standard InChI is InChI=1S/C50H30N4O2/c1-4-14-32(15-5-1)47-52-48(33-16-6-2-7-17-33)54-49(53-47)34-26-24-31(25-27-34)36-28-29-40(38-21-11-10-20-37(36)38)44-45-43(56-50(51-45)35-18-8-3-9-19-35)30-41-39-22-12-13-23-42(39)55-46(41)44/h1-30H. The highest BCUT2D eigenvalue weighted by molar-refractivity contribution is 6.20. The van der Waals surface area contributed by atoms with Gasteiger partial charge in [0.2, 0.25) is 5.89 Å². The van der Waals surface area contributed by atoms with E-state index in [1.165, 1.54) is 0 Å². The molecule has 11 rings (SSSR count). The summed E-state index contributed by atoms with van der Waals surface area (Å²) >= 11 is 0. The van der Waals surface area contributed by atoms with Crippen LogP contribution in [0.15, 0.2) is 191 Å². The van der Waals surface area contributed by atoms with Crippen LogP contribution in [0.25, 0.3) is 112 Å². The molecule has 0 unspecified atom stereocenters. The molecule has 11 aromatic rings. The lowest BCUT2D eigenvalue weighted by Gasteiger charge is -2.13. The number of hydrogen-bond acceptors (Lipinski definition) is 6. The van der Waals surface area contributed by atoms with Crippen LogP contribution in [-0.4, -0.2) is 19.9 Å². The molecule has 0 saturated carbocycles. The summed E-state index contributed by atoms with van der Waals surface area (Å²) in [6, 6.07) is 61.7. The zero-order valence-electron chi connectivity index (χ0n) is 29.9. The third-order valence-electron chi connectivity index (χ3n) is 10.4. The average Bonchev–Trinajstić information content (AvgIpc) is 3.88. The summed E-state index contributed by atoms with van der Waals surface area (Å²) < 4.78 is 13.1. The van der Waals surface area contributed by atoms with Crippen LogP contribution in [0.3, 0.4) is 0 Å². The van der Waals surface area contributed by atoms with Gasteiger partial charge in [0.25, 0.3) is 0 Å². The molecule has 56 heavy (non-hydrogen) atoms. The lowest BCUT2D eigenvalue weighted by atomic mass is 9.90. The van der Waals surface area contributed by atoms with Gasteiger partial charge in [0.15, 0.2) is 23.1 Å². The molecule has 0 aliphatic rings. The summed E-state index contributed by atoms with van der Waals surface area (Å²) in [6.45, 7) is 0. The van der Waals surface area contributed by atoms with Crippen LogP contribution in [0, 0.1) is 0 Å². The zero-order valence-corrected chi connectivity index (χ0v) is 29.9. The van der Waals surface area contributed by atoms with Crippen molar-refractivity contribution in [3.63, 3.8) is 0 Å². The van der Waals surface area contributed by atoms with E-state index in [9.17, 15) is 0 Å². The Balaban J connectivity index is 1.06. The summed E-state index contributed by atoms with van der Waals surface area (Å²) in [4.78, 5) is 19.9. The zero-order chi connectivity index (χ0) is 37.0. The number of aromatic nitrogens is 4. The predicted molar refractivity (Wildman–Crippen MR) is 225 cm³/mol. The largest absolute Gasteiger partial charge is 0.455 e. The predicted octanol–water partition coefficient (Wildman–Crippen LogP) is 13.1. The summed E-state index contributed by atoms with van der Waals surface area (Å²) in [7, 11) is 0. The number of fused-ring (bicyclic) bond motifs is 5. The van der Waals surface area contributed by atoms with E-state index in [0.29, 0.717) is 28.9 Å². The Hall–Kier alpha value is -7.70. The smallest absolute Gasteiger partial charge is 0.227 e. The minimum absolute atomic E-state index is 0.574. The van der Waals surface area contributed by atoms with Crippen LogP contribution >= 0.6 is 0 Å². The molecule has 3 aromatic heterocycles. The highest BCUT2D eigenvalue weighted by Gasteiger charge is 2.23. The van der Waals surface area contributed by atoms with E-state index in [4.69, 9.17) is 28.8 Å². The first-order valence-electron chi connectivity index (χ1n) is 18.6. The van der Waals surface area contributed by atoms with Gasteiger partial charge < -0.3 is 8.83 Å². The molecule has 3 heterocycles. The molecule has 262 valence electrons. The fraction of sp³-hybridized carbons (Fsp3) is 0. The van der Waals surface area contributed by atoms with Crippen molar-refractivity contribution in [1.82, 2.24) is 19.9 Å². The minimum atomic E-state index is 0.574. The van der Waals surface area contributed by atoms with Crippen LogP contribution in [0.1, 0.15) is 0 Å². The quantitative estimate of drug-likeness (QED) is 0.170. The number of benzene rings is 8.